The maximum atomic E-state index is 12.0. The van der Waals surface area contributed by atoms with Crippen molar-refractivity contribution in [2.45, 2.75) is 83.6 Å². The largest absolute Gasteiger partial charge is 0.352 e. The zero-order valence-electron chi connectivity index (χ0n) is 13.8. The van der Waals surface area contributed by atoms with Crippen LogP contribution in [0.3, 0.4) is 0 Å². The third kappa shape index (κ3) is 6.82. The van der Waals surface area contributed by atoms with Gasteiger partial charge in [0.15, 0.2) is 0 Å². The molecule has 2 N–H and O–H groups in total. The van der Waals surface area contributed by atoms with Gasteiger partial charge in [-0.05, 0) is 44.1 Å². The maximum Gasteiger partial charge on any atom is 0.234 e. The molecule has 0 heterocycles. The van der Waals surface area contributed by atoms with Crippen molar-refractivity contribution in [2.75, 3.05) is 13.1 Å². The highest BCUT2D eigenvalue weighted by Gasteiger charge is 2.18. The molecule has 0 spiro atoms. The van der Waals surface area contributed by atoms with Crippen LogP contribution < -0.4 is 10.6 Å². The zero-order valence-corrected chi connectivity index (χ0v) is 13.8. The molecule has 0 bridgehead atoms. The third-order valence-corrected chi connectivity index (χ3v) is 5.28. The SMILES string of the molecule is CC1CCCC(CCNCC(=O)NC2CCCCCC2)C1. The molecule has 0 saturated heterocycles. The molecular weight excluding hydrogens is 260 g/mol. The van der Waals surface area contributed by atoms with Crippen LogP contribution in [-0.2, 0) is 4.79 Å². The number of carbonyl (C=O) groups is 1. The third-order valence-electron chi connectivity index (χ3n) is 5.28. The predicted molar refractivity (Wildman–Crippen MR) is 88.2 cm³/mol. The van der Waals surface area contributed by atoms with Crippen LogP contribution in [0.25, 0.3) is 0 Å². The molecule has 2 saturated carbocycles. The molecule has 0 aliphatic heterocycles. The van der Waals surface area contributed by atoms with Crippen molar-refractivity contribution in [2.24, 2.45) is 11.8 Å². The fourth-order valence-corrected chi connectivity index (χ4v) is 4.03. The lowest BCUT2D eigenvalue weighted by molar-refractivity contribution is -0.121. The Morgan fingerprint density at radius 2 is 1.76 bits per heavy atom. The van der Waals surface area contributed by atoms with Crippen molar-refractivity contribution in [1.29, 1.82) is 0 Å². The van der Waals surface area contributed by atoms with E-state index in [-0.39, 0.29) is 5.91 Å². The van der Waals surface area contributed by atoms with E-state index in [1.807, 2.05) is 0 Å². The normalized spacial score (nSPS) is 28.0. The van der Waals surface area contributed by atoms with Gasteiger partial charge in [0.1, 0.15) is 0 Å². The smallest absolute Gasteiger partial charge is 0.234 e. The van der Waals surface area contributed by atoms with Gasteiger partial charge in [0.05, 0.1) is 6.54 Å². The Bertz CT molecular complexity index is 298. The molecule has 0 aromatic rings. The summed E-state index contributed by atoms with van der Waals surface area (Å²) in [6.45, 7) is 3.87. The monoisotopic (exact) mass is 294 g/mol. The molecule has 0 aromatic carbocycles. The van der Waals surface area contributed by atoms with Gasteiger partial charge in [-0.3, -0.25) is 4.79 Å². The average molecular weight is 294 g/mol. The van der Waals surface area contributed by atoms with Gasteiger partial charge in [0.2, 0.25) is 5.91 Å². The second-order valence-corrected chi connectivity index (χ2v) is 7.36. The fourth-order valence-electron chi connectivity index (χ4n) is 4.03. The Morgan fingerprint density at radius 3 is 2.48 bits per heavy atom. The summed E-state index contributed by atoms with van der Waals surface area (Å²) in [6.07, 6.45) is 14.4. The molecule has 122 valence electrons. The Hall–Kier alpha value is -0.570. The van der Waals surface area contributed by atoms with Crippen LogP contribution in [0.4, 0.5) is 0 Å². The van der Waals surface area contributed by atoms with E-state index in [1.54, 1.807) is 0 Å². The first kappa shape index (κ1) is 16.8. The predicted octanol–water partition coefficient (Wildman–Crippen LogP) is 3.63. The topological polar surface area (TPSA) is 41.1 Å². The van der Waals surface area contributed by atoms with Crippen LogP contribution in [0, 0.1) is 11.8 Å². The molecule has 2 rings (SSSR count). The molecule has 3 heteroatoms. The molecule has 2 unspecified atom stereocenters. The summed E-state index contributed by atoms with van der Waals surface area (Å²) in [6, 6.07) is 0.431. The van der Waals surface area contributed by atoms with Crippen molar-refractivity contribution in [1.82, 2.24) is 10.6 Å². The van der Waals surface area contributed by atoms with Crippen LogP contribution in [0.15, 0.2) is 0 Å². The molecule has 0 radical (unpaired) electrons. The lowest BCUT2D eigenvalue weighted by atomic mass is 9.81. The Labute approximate surface area is 130 Å². The highest BCUT2D eigenvalue weighted by Crippen LogP contribution is 2.30. The highest BCUT2D eigenvalue weighted by atomic mass is 16.1. The molecule has 3 nitrogen and oxygen atoms in total. The average Bonchev–Trinajstić information content (AvgIpc) is 2.72. The minimum atomic E-state index is 0.193. The summed E-state index contributed by atoms with van der Waals surface area (Å²) < 4.78 is 0. The summed E-state index contributed by atoms with van der Waals surface area (Å²) >= 11 is 0. The highest BCUT2D eigenvalue weighted by molar-refractivity contribution is 5.78. The van der Waals surface area contributed by atoms with Crippen LogP contribution in [0.1, 0.15) is 77.6 Å². The van der Waals surface area contributed by atoms with Gasteiger partial charge in [-0.15, -0.1) is 0 Å². The second-order valence-electron chi connectivity index (χ2n) is 7.36. The minimum Gasteiger partial charge on any atom is -0.352 e. The van der Waals surface area contributed by atoms with Crippen molar-refractivity contribution < 1.29 is 4.79 Å². The van der Waals surface area contributed by atoms with Crippen molar-refractivity contribution in [3.05, 3.63) is 0 Å². The first-order chi connectivity index (χ1) is 10.2. The first-order valence-electron chi connectivity index (χ1n) is 9.24. The summed E-state index contributed by atoms with van der Waals surface area (Å²) in [5, 5.41) is 6.54. The number of hydrogen-bond acceptors (Lipinski definition) is 2. The van der Waals surface area contributed by atoms with Gasteiger partial charge in [-0.25, -0.2) is 0 Å². The number of rotatable bonds is 6. The lowest BCUT2D eigenvalue weighted by Gasteiger charge is -2.26. The van der Waals surface area contributed by atoms with E-state index in [0.29, 0.717) is 12.6 Å². The van der Waals surface area contributed by atoms with Gasteiger partial charge in [-0.2, -0.15) is 0 Å². The van der Waals surface area contributed by atoms with Crippen LogP contribution in [-0.4, -0.2) is 25.0 Å². The Kier molecular flexibility index (Phi) is 7.56. The molecule has 2 atom stereocenters. The standard InChI is InChI=1S/C18H34N2O/c1-15-7-6-8-16(13-15)11-12-19-14-18(21)20-17-9-4-2-3-5-10-17/h15-17,19H,2-14H2,1H3,(H,20,21). The summed E-state index contributed by atoms with van der Waals surface area (Å²) in [5.41, 5.74) is 0. The van der Waals surface area contributed by atoms with E-state index in [9.17, 15) is 4.79 Å². The van der Waals surface area contributed by atoms with E-state index >= 15 is 0 Å². The zero-order chi connectivity index (χ0) is 14.9. The number of carbonyl (C=O) groups excluding carboxylic acids is 1. The van der Waals surface area contributed by atoms with Gasteiger partial charge >= 0.3 is 0 Å². The van der Waals surface area contributed by atoms with Crippen molar-refractivity contribution in [3.8, 4) is 0 Å². The second kappa shape index (κ2) is 9.45. The van der Waals surface area contributed by atoms with Crippen LogP contribution >= 0.6 is 0 Å². The Balaban J connectivity index is 1.52. The van der Waals surface area contributed by atoms with Gasteiger partial charge < -0.3 is 10.6 Å². The molecule has 21 heavy (non-hydrogen) atoms. The summed E-state index contributed by atoms with van der Waals surface area (Å²) in [7, 11) is 0. The summed E-state index contributed by atoms with van der Waals surface area (Å²) in [5.74, 6) is 1.98. The van der Waals surface area contributed by atoms with E-state index in [0.717, 1.165) is 18.4 Å². The van der Waals surface area contributed by atoms with Gasteiger partial charge in [-0.1, -0.05) is 51.9 Å². The van der Waals surface area contributed by atoms with Crippen LogP contribution in [0.5, 0.6) is 0 Å². The van der Waals surface area contributed by atoms with Gasteiger partial charge in [0, 0.05) is 6.04 Å². The number of amides is 1. The molecule has 2 fully saturated rings. The minimum absolute atomic E-state index is 0.193. The Morgan fingerprint density at radius 1 is 1.00 bits per heavy atom. The molecule has 0 aromatic heterocycles. The number of hydrogen-bond donors (Lipinski definition) is 2. The van der Waals surface area contributed by atoms with Crippen molar-refractivity contribution >= 4 is 5.91 Å². The van der Waals surface area contributed by atoms with Crippen LogP contribution in [0.2, 0.25) is 0 Å². The quantitative estimate of drug-likeness (QED) is 0.580. The molecule has 2 aliphatic rings. The van der Waals surface area contributed by atoms with Crippen molar-refractivity contribution in [3.63, 3.8) is 0 Å². The fraction of sp³-hybridized carbons (Fsp3) is 0.944. The lowest BCUT2D eigenvalue weighted by Crippen LogP contribution is -2.40. The first-order valence-corrected chi connectivity index (χ1v) is 9.24. The summed E-state index contributed by atoms with van der Waals surface area (Å²) in [4.78, 5) is 12.0. The van der Waals surface area contributed by atoms with Gasteiger partial charge in [0.25, 0.3) is 0 Å². The van der Waals surface area contributed by atoms with E-state index < -0.39 is 0 Å². The number of nitrogens with one attached hydrogen (secondary N) is 2. The molecule has 2 aliphatic carbocycles. The molecular formula is C18H34N2O. The van der Waals surface area contributed by atoms with E-state index in [1.165, 1.54) is 70.6 Å². The van der Waals surface area contributed by atoms with E-state index in [2.05, 4.69) is 17.6 Å². The van der Waals surface area contributed by atoms with E-state index in [4.69, 9.17) is 0 Å². The maximum absolute atomic E-state index is 12.0. The molecule has 1 amide bonds.